The smallest absolute Gasteiger partial charge is 0.471 e. The summed E-state index contributed by atoms with van der Waals surface area (Å²) in [6.45, 7) is 7.30. The summed E-state index contributed by atoms with van der Waals surface area (Å²) in [7, 11) is 0. The van der Waals surface area contributed by atoms with Crippen molar-refractivity contribution in [3.8, 4) is 33.3 Å². The van der Waals surface area contributed by atoms with Gasteiger partial charge in [-0.25, -0.2) is 19.3 Å². The first-order chi connectivity index (χ1) is 37.0. The number of aromatic nitrogens is 4. The van der Waals surface area contributed by atoms with Crippen molar-refractivity contribution in [3.63, 3.8) is 0 Å². The number of carbonyl (C=O) groups is 6. The number of thiazole rings is 1. The third-order valence-corrected chi connectivity index (χ3v) is 14.0. The van der Waals surface area contributed by atoms with Crippen molar-refractivity contribution < 1.29 is 65.6 Å². The Bertz CT molecular complexity index is 2910. The predicted molar refractivity (Wildman–Crippen MR) is 276 cm³/mol. The van der Waals surface area contributed by atoms with E-state index < -0.39 is 84.1 Å². The molecule has 2 aromatic carbocycles. The quantitative estimate of drug-likeness (QED) is 0.0467. The van der Waals surface area contributed by atoms with Gasteiger partial charge in [-0.2, -0.15) is 0 Å². The molecule has 5 heterocycles. The number of nitrogens with zero attached hydrogens (tertiary/aromatic N) is 6. The van der Waals surface area contributed by atoms with E-state index in [1.807, 2.05) is 31.2 Å². The fourth-order valence-corrected chi connectivity index (χ4v) is 9.71. The SMILES string of the molecule is Cc1ncsc1-c1ccc(CNC(=O)C2C[C@@H](O)CN2C(=O)C(NC(=O)COCCNC(=O)CCCn2cnc(-c3cnc(O[C@@H]4CCN(C(=O)Cc5ccc(OC(F)(F)F)cc5)C[C@H]4F)c(C(N)=O)c3)c2)C(C)(C)C)cc1. The van der Waals surface area contributed by atoms with Crippen LogP contribution in [0.4, 0.5) is 17.6 Å². The first-order valence-corrected chi connectivity index (χ1v) is 26.0. The molecule has 6 amide bonds. The number of nitrogens with one attached hydrogen (secondary N) is 3. The van der Waals surface area contributed by atoms with Gasteiger partial charge in [0, 0.05) is 69.9 Å². The Hall–Kier alpha value is -7.51. The monoisotopic (exact) mass is 1110 g/mol. The molecule has 6 N–H and O–H groups in total. The molecule has 0 spiro atoms. The lowest BCUT2D eigenvalue weighted by molar-refractivity contribution is -0.274. The van der Waals surface area contributed by atoms with Crippen LogP contribution in [-0.2, 0) is 48.2 Å². The molecular weight excluding hydrogens is 1040 g/mol. The van der Waals surface area contributed by atoms with Gasteiger partial charge in [0.25, 0.3) is 5.91 Å². The number of hydrogen-bond acceptors (Lipinski definition) is 14. The zero-order chi connectivity index (χ0) is 56.3. The van der Waals surface area contributed by atoms with Crippen LogP contribution in [-0.4, -0.2) is 146 Å². The average Bonchev–Trinajstić information content (AvgIpc) is 4.21. The van der Waals surface area contributed by atoms with Gasteiger partial charge >= 0.3 is 6.36 Å². The van der Waals surface area contributed by atoms with Gasteiger partial charge in [-0.1, -0.05) is 57.2 Å². The molecule has 5 aromatic rings. The maximum atomic E-state index is 15.4. The first-order valence-electron chi connectivity index (χ1n) is 25.2. The van der Waals surface area contributed by atoms with Crippen LogP contribution in [0.2, 0.25) is 0 Å². The number of piperidine rings is 1. The molecule has 20 nitrogen and oxygen atoms in total. The minimum absolute atomic E-state index is 0.00213. The van der Waals surface area contributed by atoms with E-state index in [0.29, 0.717) is 29.8 Å². The fraction of sp³-hybridized carbons (Fsp3) is 0.453. The zero-order valence-corrected chi connectivity index (χ0v) is 44.2. The summed E-state index contributed by atoms with van der Waals surface area (Å²) in [4.78, 5) is 95.1. The molecule has 2 unspecified atom stereocenters. The van der Waals surface area contributed by atoms with Crippen LogP contribution >= 0.6 is 11.3 Å². The molecule has 2 aliphatic rings. The molecule has 5 atom stereocenters. The van der Waals surface area contributed by atoms with Crippen LogP contribution in [0.15, 0.2) is 78.8 Å². The Kier molecular flexibility index (Phi) is 19.2. The fourth-order valence-electron chi connectivity index (χ4n) is 8.90. The number of rotatable bonds is 22. The van der Waals surface area contributed by atoms with E-state index in [0.717, 1.165) is 33.8 Å². The van der Waals surface area contributed by atoms with Crippen molar-refractivity contribution in [2.75, 3.05) is 39.4 Å². The van der Waals surface area contributed by atoms with Crippen molar-refractivity contribution in [2.45, 2.75) is 110 Å². The van der Waals surface area contributed by atoms with Gasteiger partial charge in [0.2, 0.25) is 35.4 Å². The average molecular weight is 1110 g/mol. The normalized spacial score (nSPS) is 18.0. The number of carbonyl (C=O) groups excluding carboxylic acids is 6. The highest BCUT2D eigenvalue weighted by molar-refractivity contribution is 7.13. The number of amides is 6. The van der Waals surface area contributed by atoms with Crippen LogP contribution in [0.25, 0.3) is 21.7 Å². The number of β-amino-alcohol motifs (C(OH)–C–C–N with tert-alkyl or cyclic N) is 1. The number of likely N-dealkylation sites (tertiary alicyclic amines) is 2. The molecule has 25 heteroatoms. The van der Waals surface area contributed by atoms with Crippen molar-refractivity contribution in [2.24, 2.45) is 11.1 Å². The number of primary amides is 1. The number of imidazole rings is 1. The summed E-state index contributed by atoms with van der Waals surface area (Å²) < 4.78 is 69.8. The number of halogens is 4. The molecule has 0 aliphatic carbocycles. The minimum Gasteiger partial charge on any atom is -0.471 e. The molecule has 2 saturated heterocycles. The van der Waals surface area contributed by atoms with Gasteiger partial charge in [-0.15, -0.1) is 24.5 Å². The Morgan fingerprint density at radius 3 is 2.33 bits per heavy atom. The molecule has 7 rings (SSSR count). The highest BCUT2D eigenvalue weighted by atomic mass is 32.1. The Labute approximate surface area is 451 Å². The Morgan fingerprint density at radius 2 is 1.67 bits per heavy atom. The molecule has 2 fully saturated rings. The summed E-state index contributed by atoms with van der Waals surface area (Å²) >= 11 is 1.55. The van der Waals surface area contributed by atoms with E-state index in [1.165, 1.54) is 40.5 Å². The van der Waals surface area contributed by atoms with Crippen molar-refractivity contribution in [1.29, 1.82) is 0 Å². The standard InChI is InChI=1S/C53H62F4N10O10S/c1-31-46(78-30-63-31)34-11-7-33(8-12-34)23-60-49(73)41-22-36(68)25-67(41)51(74)47(52(2,3)4)64-44(70)28-75-19-16-59-43(69)6-5-17-65-27-40(62-29-65)35-21-38(48(58)72)50(61-24-35)76-42-15-18-66(26-39(42)54)45(71)20-32-9-13-37(14-10-32)77-53(55,56)57/h7-14,21,24,27,29-30,36,39,41-42,47,68H,5-6,15-20,22-23,25-26,28H2,1-4H3,(H2,58,72)(H,59,69)(H,60,73)(H,64,70)/t36-,39-,41?,42-,47?/m1/s1. The summed E-state index contributed by atoms with van der Waals surface area (Å²) in [6.07, 6.45) is -3.41. The number of hydrogen-bond donors (Lipinski definition) is 5. The number of ether oxygens (including phenoxy) is 3. The minimum atomic E-state index is -4.86. The second-order valence-corrected chi connectivity index (χ2v) is 20.9. The Balaban J connectivity index is 0.798. The lowest BCUT2D eigenvalue weighted by Crippen LogP contribution is -2.58. The molecule has 3 aromatic heterocycles. The zero-order valence-electron chi connectivity index (χ0n) is 43.4. The summed E-state index contributed by atoms with van der Waals surface area (Å²) in [5.74, 6) is -3.73. The van der Waals surface area contributed by atoms with Crippen LogP contribution in [0.5, 0.6) is 11.6 Å². The number of aliphatic hydroxyl groups excluding tert-OH is 1. The summed E-state index contributed by atoms with van der Waals surface area (Å²) in [5.41, 5.74) is 10.6. The van der Waals surface area contributed by atoms with Crippen molar-refractivity contribution >= 4 is 46.8 Å². The summed E-state index contributed by atoms with van der Waals surface area (Å²) in [5, 5.41) is 18.9. The van der Waals surface area contributed by atoms with Gasteiger partial charge in [0.1, 0.15) is 36.1 Å². The summed E-state index contributed by atoms with van der Waals surface area (Å²) in [6, 6.07) is 12.0. The Morgan fingerprint density at radius 1 is 0.936 bits per heavy atom. The van der Waals surface area contributed by atoms with E-state index in [1.54, 1.807) is 48.4 Å². The second-order valence-electron chi connectivity index (χ2n) is 20.1. The van der Waals surface area contributed by atoms with Crippen LogP contribution in [0.1, 0.15) is 73.6 Å². The van der Waals surface area contributed by atoms with Crippen LogP contribution in [0.3, 0.4) is 0 Å². The maximum Gasteiger partial charge on any atom is 0.573 e. The molecule has 0 saturated carbocycles. The highest BCUT2D eigenvalue weighted by Crippen LogP contribution is 2.31. The number of aliphatic hydroxyl groups is 1. The number of benzene rings is 2. The predicted octanol–water partition coefficient (Wildman–Crippen LogP) is 4.66. The lowest BCUT2D eigenvalue weighted by Gasteiger charge is -2.35. The van der Waals surface area contributed by atoms with Gasteiger partial charge in [-0.05, 0) is 53.6 Å². The number of aryl methyl sites for hydroxylation is 2. The van der Waals surface area contributed by atoms with E-state index in [9.17, 15) is 47.0 Å². The molecule has 2 aliphatic heterocycles. The van der Waals surface area contributed by atoms with E-state index in [2.05, 4.69) is 35.6 Å². The van der Waals surface area contributed by atoms with E-state index in [-0.39, 0.29) is 82.4 Å². The third kappa shape index (κ3) is 16.0. The van der Waals surface area contributed by atoms with E-state index in [4.69, 9.17) is 15.2 Å². The van der Waals surface area contributed by atoms with Crippen molar-refractivity contribution in [3.05, 3.63) is 101 Å². The molecule has 418 valence electrons. The van der Waals surface area contributed by atoms with E-state index >= 15 is 4.39 Å². The van der Waals surface area contributed by atoms with Gasteiger partial charge in [-0.3, -0.25) is 28.8 Å². The number of alkyl halides is 4. The van der Waals surface area contributed by atoms with Crippen molar-refractivity contribution in [1.82, 2.24) is 45.3 Å². The number of pyridine rings is 1. The highest BCUT2D eigenvalue weighted by Gasteiger charge is 2.44. The molecule has 0 radical (unpaired) electrons. The molecular formula is C53H62F4N10O10S. The van der Waals surface area contributed by atoms with Gasteiger partial charge < -0.3 is 55.4 Å². The number of nitrogens with two attached hydrogens (primary N) is 1. The van der Waals surface area contributed by atoms with Crippen LogP contribution in [0, 0.1) is 12.3 Å². The largest absolute Gasteiger partial charge is 0.573 e. The van der Waals surface area contributed by atoms with Crippen LogP contribution < -0.4 is 31.2 Å². The van der Waals surface area contributed by atoms with Gasteiger partial charge in [0.15, 0.2) is 6.17 Å². The lowest BCUT2D eigenvalue weighted by atomic mass is 9.85. The maximum absolute atomic E-state index is 15.4. The molecule has 78 heavy (non-hydrogen) atoms. The van der Waals surface area contributed by atoms with Gasteiger partial charge in [0.05, 0.1) is 53.8 Å². The first kappa shape index (κ1) is 58.2. The molecule has 0 bridgehead atoms. The topological polar surface area (TPSA) is 263 Å². The second kappa shape index (κ2) is 25.8. The third-order valence-electron chi connectivity index (χ3n) is 13.0.